The van der Waals surface area contributed by atoms with Gasteiger partial charge in [-0.3, -0.25) is 5.32 Å². The molecule has 0 radical (unpaired) electrons. The normalized spacial score (nSPS) is 27.3. The quantitative estimate of drug-likeness (QED) is 0.621. The lowest BCUT2D eigenvalue weighted by atomic mass is 10.0. The average molecular weight is 296 g/mol. The molecule has 0 aliphatic carbocycles. The summed E-state index contributed by atoms with van der Waals surface area (Å²) in [5.41, 5.74) is 0. The zero-order valence-electron chi connectivity index (χ0n) is 14.1. The molecule has 0 saturated carbocycles. The van der Waals surface area contributed by atoms with Crippen LogP contribution in [-0.2, 0) is 4.74 Å². The van der Waals surface area contributed by atoms with Crippen LogP contribution in [0.15, 0.2) is 0 Å². The molecule has 0 bridgehead atoms. The standard InChI is InChI=1S/C18H36N2O/c1-2-3-5-10-17-15-18(19-16-17)21-14-9-8-13-20-11-6-4-7-12-20/h17-19H,2-16H2,1H3. The Labute approximate surface area is 131 Å². The van der Waals surface area contributed by atoms with E-state index in [1.165, 1.54) is 90.4 Å². The van der Waals surface area contributed by atoms with Gasteiger partial charge in [0.15, 0.2) is 0 Å². The molecule has 2 unspecified atom stereocenters. The zero-order valence-corrected chi connectivity index (χ0v) is 14.1. The Morgan fingerprint density at radius 3 is 2.71 bits per heavy atom. The molecule has 3 heteroatoms. The minimum absolute atomic E-state index is 0.339. The number of likely N-dealkylation sites (tertiary alicyclic amines) is 1. The SMILES string of the molecule is CCCCCC1CNC(OCCCCN2CCCCC2)C1. The first-order valence-corrected chi connectivity index (χ1v) is 9.46. The first-order chi connectivity index (χ1) is 10.4. The van der Waals surface area contributed by atoms with Crippen LogP contribution in [0.25, 0.3) is 0 Å². The van der Waals surface area contributed by atoms with Crippen molar-refractivity contribution in [2.75, 3.05) is 32.8 Å². The summed E-state index contributed by atoms with van der Waals surface area (Å²) in [6.07, 6.45) is 13.8. The van der Waals surface area contributed by atoms with Gasteiger partial charge in [-0.15, -0.1) is 0 Å². The van der Waals surface area contributed by atoms with Gasteiger partial charge < -0.3 is 9.64 Å². The molecule has 2 rings (SSSR count). The lowest BCUT2D eigenvalue weighted by molar-refractivity contribution is 0.0373. The van der Waals surface area contributed by atoms with E-state index >= 15 is 0 Å². The van der Waals surface area contributed by atoms with Crippen molar-refractivity contribution in [3.63, 3.8) is 0 Å². The van der Waals surface area contributed by atoms with Crippen molar-refractivity contribution in [1.29, 1.82) is 0 Å². The van der Waals surface area contributed by atoms with Crippen LogP contribution in [0.1, 0.15) is 71.1 Å². The summed E-state index contributed by atoms with van der Waals surface area (Å²) in [4.78, 5) is 2.63. The fourth-order valence-corrected chi connectivity index (χ4v) is 3.64. The number of rotatable bonds is 10. The van der Waals surface area contributed by atoms with Crippen molar-refractivity contribution in [3.8, 4) is 0 Å². The van der Waals surface area contributed by atoms with Crippen LogP contribution in [0, 0.1) is 5.92 Å². The maximum absolute atomic E-state index is 6.00. The van der Waals surface area contributed by atoms with Gasteiger partial charge in [0.1, 0.15) is 6.23 Å². The second kappa shape index (κ2) is 10.6. The van der Waals surface area contributed by atoms with E-state index in [9.17, 15) is 0 Å². The fraction of sp³-hybridized carbons (Fsp3) is 1.00. The number of hydrogen-bond acceptors (Lipinski definition) is 3. The second-order valence-electron chi connectivity index (χ2n) is 6.97. The molecule has 0 spiro atoms. The zero-order chi connectivity index (χ0) is 14.8. The molecular weight excluding hydrogens is 260 g/mol. The minimum atomic E-state index is 0.339. The molecule has 1 N–H and O–H groups in total. The third kappa shape index (κ3) is 7.12. The van der Waals surface area contributed by atoms with Crippen molar-refractivity contribution < 1.29 is 4.74 Å². The van der Waals surface area contributed by atoms with Gasteiger partial charge in [-0.2, -0.15) is 0 Å². The third-order valence-electron chi connectivity index (χ3n) is 5.03. The van der Waals surface area contributed by atoms with Gasteiger partial charge in [-0.1, -0.05) is 32.6 Å². The highest BCUT2D eigenvalue weighted by molar-refractivity contribution is 4.75. The molecule has 0 aromatic rings. The van der Waals surface area contributed by atoms with Crippen LogP contribution in [0.2, 0.25) is 0 Å². The Morgan fingerprint density at radius 1 is 1.05 bits per heavy atom. The van der Waals surface area contributed by atoms with E-state index in [4.69, 9.17) is 4.74 Å². The van der Waals surface area contributed by atoms with E-state index < -0.39 is 0 Å². The van der Waals surface area contributed by atoms with Crippen molar-refractivity contribution in [1.82, 2.24) is 10.2 Å². The molecule has 124 valence electrons. The molecule has 2 aliphatic heterocycles. The van der Waals surface area contributed by atoms with Crippen molar-refractivity contribution in [2.24, 2.45) is 5.92 Å². The van der Waals surface area contributed by atoms with Gasteiger partial charge in [0, 0.05) is 13.2 Å². The molecule has 3 nitrogen and oxygen atoms in total. The van der Waals surface area contributed by atoms with Gasteiger partial charge in [0.2, 0.25) is 0 Å². The summed E-state index contributed by atoms with van der Waals surface area (Å²) in [5, 5.41) is 3.54. The third-order valence-corrected chi connectivity index (χ3v) is 5.03. The van der Waals surface area contributed by atoms with Crippen LogP contribution < -0.4 is 5.32 Å². The summed E-state index contributed by atoms with van der Waals surface area (Å²) >= 11 is 0. The van der Waals surface area contributed by atoms with Crippen molar-refractivity contribution in [2.45, 2.75) is 77.4 Å². The maximum atomic E-state index is 6.00. The topological polar surface area (TPSA) is 24.5 Å². The van der Waals surface area contributed by atoms with Gasteiger partial charge in [-0.05, 0) is 64.1 Å². The Hall–Kier alpha value is -0.120. The lowest BCUT2D eigenvalue weighted by Gasteiger charge is -2.26. The number of piperidine rings is 1. The summed E-state index contributed by atoms with van der Waals surface area (Å²) < 4.78 is 6.00. The molecule has 2 saturated heterocycles. The number of hydrogen-bond donors (Lipinski definition) is 1. The summed E-state index contributed by atoms with van der Waals surface area (Å²) in [7, 11) is 0. The summed E-state index contributed by atoms with van der Waals surface area (Å²) in [5.74, 6) is 0.856. The van der Waals surface area contributed by atoms with Crippen LogP contribution in [-0.4, -0.2) is 43.9 Å². The number of ether oxygens (including phenoxy) is 1. The minimum Gasteiger partial charge on any atom is -0.363 e. The predicted molar refractivity (Wildman–Crippen MR) is 89.5 cm³/mol. The summed E-state index contributed by atoms with van der Waals surface area (Å²) in [6, 6.07) is 0. The second-order valence-corrected chi connectivity index (χ2v) is 6.97. The molecule has 21 heavy (non-hydrogen) atoms. The molecular formula is C18H36N2O. The van der Waals surface area contributed by atoms with Gasteiger partial charge in [-0.25, -0.2) is 0 Å². The highest BCUT2D eigenvalue weighted by Crippen LogP contribution is 2.21. The Kier molecular flexibility index (Phi) is 8.68. The van der Waals surface area contributed by atoms with E-state index in [0.717, 1.165) is 12.5 Å². The highest BCUT2D eigenvalue weighted by Gasteiger charge is 2.23. The van der Waals surface area contributed by atoms with Gasteiger partial charge in [0.25, 0.3) is 0 Å². The van der Waals surface area contributed by atoms with E-state index in [-0.39, 0.29) is 0 Å². The number of nitrogens with zero attached hydrogens (tertiary/aromatic N) is 1. The summed E-state index contributed by atoms with van der Waals surface area (Å²) in [6.45, 7) is 8.31. The highest BCUT2D eigenvalue weighted by atomic mass is 16.5. The van der Waals surface area contributed by atoms with Crippen LogP contribution in [0.4, 0.5) is 0 Å². The molecule has 2 heterocycles. The molecule has 0 aromatic heterocycles. The van der Waals surface area contributed by atoms with Gasteiger partial charge in [0.05, 0.1) is 0 Å². The molecule has 2 atom stereocenters. The first kappa shape index (κ1) is 17.2. The number of unbranched alkanes of at least 4 members (excludes halogenated alkanes) is 3. The Bertz CT molecular complexity index is 254. The molecule has 2 fully saturated rings. The van der Waals surface area contributed by atoms with Crippen LogP contribution in [0.3, 0.4) is 0 Å². The van der Waals surface area contributed by atoms with E-state index in [2.05, 4.69) is 17.1 Å². The Balaban J connectivity index is 1.42. The van der Waals surface area contributed by atoms with E-state index in [1.807, 2.05) is 0 Å². The molecule has 2 aliphatic rings. The van der Waals surface area contributed by atoms with Crippen LogP contribution >= 0.6 is 0 Å². The fourth-order valence-electron chi connectivity index (χ4n) is 3.64. The number of nitrogens with one attached hydrogen (secondary N) is 1. The average Bonchev–Trinajstić information content (AvgIpc) is 2.96. The molecule has 0 aromatic carbocycles. The maximum Gasteiger partial charge on any atom is 0.108 e. The predicted octanol–water partition coefficient (Wildman–Crippen LogP) is 3.79. The largest absolute Gasteiger partial charge is 0.363 e. The smallest absolute Gasteiger partial charge is 0.108 e. The van der Waals surface area contributed by atoms with Gasteiger partial charge >= 0.3 is 0 Å². The van der Waals surface area contributed by atoms with Crippen molar-refractivity contribution in [3.05, 3.63) is 0 Å². The molecule has 0 amide bonds. The first-order valence-electron chi connectivity index (χ1n) is 9.46. The Morgan fingerprint density at radius 2 is 1.90 bits per heavy atom. The van der Waals surface area contributed by atoms with E-state index in [1.54, 1.807) is 0 Å². The van der Waals surface area contributed by atoms with E-state index in [0.29, 0.717) is 6.23 Å². The van der Waals surface area contributed by atoms with Crippen LogP contribution in [0.5, 0.6) is 0 Å². The van der Waals surface area contributed by atoms with Crippen molar-refractivity contribution >= 4 is 0 Å². The lowest BCUT2D eigenvalue weighted by Crippen LogP contribution is -2.31. The monoisotopic (exact) mass is 296 g/mol.